The number of nitrogens with zero attached hydrogens (tertiary/aromatic N) is 3. The smallest absolute Gasteiger partial charge is 0.359 e. The van der Waals surface area contributed by atoms with Gasteiger partial charge in [-0.3, -0.25) is 14.0 Å². The summed E-state index contributed by atoms with van der Waals surface area (Å²) in [5, 5.41) is 3.47. The zero-order valence-electron chi connectivity index (χ0n) is 18.3. The molecule has 0 aliphatic heterocycles. The average Bonchev–Trinajstić information content (AvgIpc) is 3.17. The summed E-state index contributed by atoms with van der Waals surface area (Å²) in [5.41, 5.74) is 2.39. The second-order valence-corrected chi connectivity index (χ2v) is 7.93. The van der Waals surface area contributed by atoms with E-state index in [-0.39, 0.29) is 18.1 Å². The molecule has 2 aromatic heterocycles. The maximum absolute atomic E-state index is 12.7. The SMILES string of the molecule is CCCN(CC(=O)Nc1ccccc1C)C(=O)COC(=O)c1nc(SC)n2ccccc12. The largest absolute Gasteiger partial charge is 0.451 e. The molecule has 3 rings (SSSR count). The van der Waals surface area contributed by atoms with Crippen molar-refractivity contribution in [3.8, 4) is 0 Å². The highest BCUT2D eigenvalue weighted by atomic mass is 32.2. The summed E-state index contributed by atoms with van der Waals surface area (Å²) >= 11 is 1.41. The minimum atomic E-state index is -0.678. The summed E-state index contributed by atoms with van der Waals surface area (Å²) in [6.45, 7) is 3.60. The van der Waals surface area contributed by atoms with Crippen molar-refractivity contribution >= 4 is 40.7 Å². The molecule has 0 atom stereocenters. The molecule has 8 nitrogen and oxygen atoms in total. The van der Waals surface area contributed by atoms with Gasteiger partial charge in [0.25, 0.3) is 5.91 Å². The summed E-state index contributed by atoms with van der Waals surface area (Å²) in [6, 6.07) is 12.8. The Bertz CT molecular complexity index is 1130. The number of aromatic nitrogens is 2. The Balaban J connectivity index is 1.63. The third-order valence-electron chi connectivity index (χ3n) is 4.82. The number of hydrogen-bond acceptors (Lipinski definition) is 6. The number of anilines is 1. The van der Waals surface area contributed by atoms with Crippen molar-refractivity contribution in [3.63, 3.8) is 0 Å². The number of fused-ring (bicyclic) bond motifs is 1. The van der Waals surface area contributed by atoms with Crippen LogP contribution in [-0.2, 0) is 14.3 Å². The molecule has 0 saturated heterocycles. The molecule has 0 fully saturated rings. The molecule has 1 aromatic carbocycles. The van der Waals surface area contributed by atoms with E-state index in [2.05, 4.69) is 10.3 Å². The molecule has 0 radical (unpaired) electrons. The van der Waals surface area contributed by atoms with Crippen LogP contribution in [0.1, 0.15) is 29.4 Å². The van der Waals surface area contributed by atoms with Crippen molar-refractivity contribution in [1.82, 2.24) is 14.3 Å². The van der Waals surface area contributed by atoms with Crippen molar-refractivity contribution in [3.05, 3.63) is 59.9 Å². The Kier molecular flexibility index (Phi) is 7.88. The molecule has 0 saturated carbocycles. The molecule has 9 heteroatoms. The van der Waals surface area contributed by atoms with E-state index < -0.39 is 18.5 Å². The number of benzene rings is 1. The number of esters is 1. The van der Waals surface area contributed by atoms with Crippen LogP contribution in [0.4, 0.5) is 5.69 Å². The number of thioether (sulfide) groups is 1. The molecular formula is C23H26N4O4S. The number of nitrogens with one attached hydrogen (secondary N) is 1. The topological polar surface area (TPSA) is 93.0 Å². The number of rotatable bonds is 9. The third kappa shape index (κ3) is 5.47. The third-order valence-corrected chi connectivity index (χ3v) is 5.47. The first-order chi connectivity index (χ1) is 15.4. The lowest BCUT2D eigenvalue weighted by Crippen LogP contribution is -2.40. The summed E-state index contributed by atoms with van der Waals surface area (Å²) < 4.78 is 7.05. The van der Waals surface area contributed by atoms with Crippen LogP contribution in [0.25, 0.3) is 5.52 Å². The number of imidazole rings is 1. The van der Waals surface area contributed by atoms with Crippen molar-refractivity contribution in [2.24, 2.45) is 0 Å². The highest BCUT2D eigenvalue weighted by molar-refractivity contribution is 7.98. The van der Waals surface area contributed by atoms with Gasteiger partial charge in [-0.25, -0.2) is 9.78 Å². The van der Waals surface area contributed by atoms with Crippen LogP contribution in [0.2, 0.25) is 0 Å². The molecule has 32 heavy (non-hydrogen) atoms. The highest BCUT2D eigenvalue weighted by Crippen LogP contribution is 2.20. The maximum Gasteiger partial charge on any atom is 0.359 e. The number of carbonyl (C=O) groups excluding carboxylic acids is 3. The first-order valence-corrected chi connectivity index (χ1v) is 11.5. The number of amides is 2. The quantitative estimate of drug-likeness (QED) is 0.394. The van der Waals surface area contributed by atoms with Gasteiger partial charge in [0.2, 0.25) is 5.91 Å². The average molecular weight is 455 g/mol. The second kappa shape index (κ2) is 10.8. The van der Waals surface area contributed by atoms with E-state index >= 15 is 0 Å². The van der Waals surface area contributed by atoms with Crippen LogP contribution in [0.15, 0.2) is 53.8 Å². The zero-order valence-corrected chi connectivity index (χ0v) is 19.1. The minimum absolute atomic E-state index is 0.122. The first-order valence-electron chi connectivity index (χ1n) is 10.3. The second-order valence-electron chi connectivity index (χ2n) is 7.16. The van der Waals surface area contributed by atoms with Crippen LogP contribution < -0.4 is 5.32 Å². The van der Waals surface area contributed by atoms with Crippen molar-refractivity contribution in [1.29, 1.82) is 0 Å². The highest BCUT2D eigenvalue weighted by Gasteiger charge is 2.22. The Hall–Kier alpha value is -3.33. The fourth-order valence-corrected chi connectivity index (χ4v) is 3.77. The lowest BCUT2D eigenvalue weighted by Gasteiger charge is -2.21. The predicted octanol–water partition coefficient (Wildman–Crippen LogP) is 3.40. The van der Waals surface area contributed by atoms with Gasteiger partial charge in [0.1, 0.15) is 0 Å². The molecule has 0 spiro atoms. The summed E-state index contributed by atoms with van der Waals surface area (Å²) in [7, 11) is 0. The Morgan fingerprint density at radius 3 is 2.62 bits per heavy atom. The first kappa shape index (κ1) is 23.3. The summed E-state index contributed by atoms with van der Waals surface area (Å²) in [4.78, 5) is 43.5. The number of aryl methyl sites for hydroxylation is 1. The standard InChI is InChI=1S/C23H26N4O4S/c1-4-12-26(14-19(28)24-17-10-6-5-9-16(17)2)20(29)15-31-22(30)21-18-11-7-8-13-27(18)23(25-21)32-3/h5-11,13H,4,12,14-15H2,1-3H3,(H,24,28). The lowest BCUT2D eigenvalue weighted by atomic mass is 10.2. The molecule has 2 heterocycles. The fraction of sp³-hybridized carbons (Fsp3) is 0.304. The molecule has 0 bridgehead atoms. The van der Waals surface area contributed by atoms with Crippen LogP contribution in [0.3, 0.4) is 0 Å². The Labute approximate surface area is 191 Å². The van der Waals surface area contributed by atoms with E-state index in [1.54, 1.807) is 22.6 Å². The molecule has 3 aromatic rings. The minimum Gasteiger partial charge on any atom is -0.451 e. The molecule has 0 aliphatic rings. The van der Waals surface area contributed by atoms with Gasteiger partial charge in [0.15, 0.2) is 17.5 Å². The van der Waals surface area contributed by atoms with Gasteiger partial charge >= 0.3 is 5.97 Å². The van der Waals surface area contributed by atoms with Crippen molar-refractivity contribution < 1.29 is 19.1 Å². The molecule has 1 N–H and O–H groups in total. The fourth-order valence-electron chi connectivity index (χ4n) is 3.23. The molecular weight excluding hydrogens is 428 g/mol. The van der Waals surface area contributed by atoms with Gasteiger partial charge in [0.05, 0.1) is 12.1 Å². The van der Waals surface area contributed by atoms with E-state index in [1.807, 2.05) is 50.6 Å². The van der Waals surface area contributed by atoms with E-state index in [0.29, 0.717) is 29.3 Å². The molecule has 0 unspecified atom stereocenters. The monoisotopic (exact) mass is 454 g/mol. The van der Waals surface area contributed by atoms with E-state index in [1.165, 1.54) is 16.7 Å². The number of hydrogen-bond donors (Lipinski definition) is 1. The van der Waals surface area contributed by atoms with Gasteiger partial charge in [-0.05, 0) is 43.4 Å². The molecule has 168 valence electrons. The summed E-state index contributed by atoms with van der Waals surface area (Å²) in [5.74, 6) is -1.42. The number of carbonyl (C=O) groups is 3. The Morgan fingerprint density at radius 1 is 1.16 bits per heavy atom. The van der Waals surface area contributed by atoms with Gasteiger partial charge in [-0.15, -0.1) is 0 Å². The van der Waals surface area contributed by atoms with Crippen molar-refractivity contribution in [2.75, 3.05) is 31.3 Å². The van der Waals surface area contributed by atoms with Gasteiger partial charge in [-0.2, -0.15) is 0 Å². The molecule has 2 amide bonds. The van der Waals surface area contributed by atoms with E-state index in [4.69, 9.17) is 4.74 Å². The summed E-state index contributed by atoms with van der Waals surface area (Å²) in [6.07, 6.45) is 4.34. The van der Waals surface area contributed by atoms with Gasteiger partial charge in [0, 0.05) is 18.4 Å². The van der Waals surface area contributed by atoms with Crippen LogP contribution in [-0.4, -0.2) is 58.0 Å². The van der Waals surface area contributed by atoms with Gasteiger partial charge < -0.3 is 15.0 Å². The Morgan fingerprint density at radius 2 is 1.91 bits per heavy atom. The normalized spacial score (nSPS) is 10.7. The maximum atomic E-state index is 12.7. The number of para-hydroxylation sites is 1. The predicted molar refractivity (Wildman–Crippen MR) is 124 cm³/mol. The molecule has 0 aliphatic carbocycles. The lowest BCUT2D eigenvalue weighted by molar-refractivity contribution is -0.137. The van der Waals surface area contributed by atoms with Crippen LogP contribution in [0, 0.1) is 6.92 Å². The number of ether oxygens (including phenoxy) is 1. The number of pyridine rings is 1. The van der Waals surface area contributed by atoms with Crippen LogP contribution >= 0.6 is 11.8 Å². The van der Waals surface area contributed by atoms with Crippen LogP contribution in [0.5, 0.6) is 0 Å². The van der Waals surface area contributed by atoms with E-state index in [9.17, 15) is 14.4 Å². The van der Waals surface area contributed by atoms with Crippen molar-refractivity contribution in [2.45, 2.75) is 25.4 Å². The van der Waals surface area contributed by atoms with Gasteiger partial charge in [-0.1, -0.05) is 43.0 Å². The zero-order chi connectivity index (χ0) is 23.1. The van der Waals surface area contributed by atoms with E-state index in [0.717, 1.165) is 5.56 Å².